The number of carbonyl (C=O) groups is 2. The van der Waals surface area contributed by atoms with E-state index >= 15 is 0 Å². The Bertz CT molecular complexity index is 963. The van der Waals surface area contributed by atoms with Crippen LogP contribution < -0.4 is 0 Å². The van der Waals surface area contributed by atoms with Crippen molar-refractivity contribution in [3.63, 3.8) is 0 Å². The first-order valence-electron chi connectivity index (χ1n) is 11.7. The number of carbonyl (C=O) groups excluding carboxylic acids is 2. The molecule has 0 radical (unpaired) electrons. The lowest BCUT2D eigenvalue weighted by Gasteiger charge is -2.51. The van der Waals surface area contributed by atoms with Gasteiger partial charge in [0.15, 0.2) is 20.9 Å². The Labute approximate surface area is 201 Å². The molecule has 2 fully saturated rings. The SMILES string of the molecule is CC1=C(C)C(=O)N([C@H]2[C@H](O[Si](C)(C)C(C)(C)C)O[C@@H]3COC(c4ccccc4)O[C@H]3[C@@H]2O)C1=O. The van der Waals surface area contributed by atoms with Crippen molar-refractivity contribution < 1.29 is 33.3 Å². The van der Waals surface area contributed by atoms with Crippen LogP contribution in [-0.4, -0.2) is 67.4 Å². The summed E-state index contributed by atoms with van der Waals surface area (Å²) in [5.74, 6) is -0.881. The van der Waals surface area contributed by atoms with Gasteiger partial charge in [-0.2, -0.15) is 0 Å². The van der Waals surface area contributed by atoms with Crippen molar-refractivity contribution in [3.8, 4) is 0 Å². The summed E-state index contributed by atoms with van der Waals surface area (Å²) in [6.45, 7) is 13.8. The van der Waals surface area contributed by atoms with Crippen molar-refractivity contribution in [2.24, 2.45) is 0 Å². The molecule has 0 saturated carbocycles. The standard InChI is InChI=1S/C25H35NO7Si/c1-14-15(2)22(29)26(21(14)28)18-19(27)20-17(31-24(18)33-34(6,7)25(3,4)5)13-30-23(32-20)16-11-9-8-10-12-16/h8-12,17-20,23-24,27H,13H2,1-7H3/t17-,18-,19-,20-,23?,24+/m1/s1. The number of nitrogens with zero attached hydrogens (tertiary/aromatic N) is 1. The molecule has 3 heterocycles. The molecular formula is C25H35NO7Si. The van der Waals surface area contributed by atoms with Crippen molar-refractivity contribution in [2.45, 2.75) is 89.7 Å². The van der Waals surface area contributed by atoms with Gasteiger partial charge < -0.3 is 23.7 Å². The molecule has 8 nitrogen and oxygen atoms in total. The van der Waals surface area contributed by atoms with Gasteiger partial charge in [0.25, 0.3) is 11.8 Å². The van der Waals surface area contributed by atoms with Crippen LogP contribution in [0.4, 0.5) is 0 Å². The van der Waals surface area contributed by atoms with Crippen molar-refractivity contribution in [1.29, 1.82) is 0 Å². The summed E-state index contributed by atoms with van der Waals surface area (Å²) in [5.41, 5.74) is 1.53. The van der Waals surface area contributed by atoms with Gasteiger partial charge in [0.1, 0.15) is 24.4 Å². The van der Waals surface area contributed by atoms with Crippen LogP contribution >= 0.6 is 0 Å². The van der Waals surface area contributed by atoms with Crippen molar-refractivity contribution in [3.05, 3.63) is 47.0 Å². The topological polar surface area (TPSA) is 94.5 Å². The average molecular weight is 490 g/mol. The molecule has 1 unspecified atom stereocenters. The Morgan fingerprint density at radius 3 is 2.18 bits per heavy atom. The number of amides is 2. The third-order valence-electron chi connectivity index (χ3n) is 7.56. The van der Waals surface area contributed by atoms with Gasteiger partial charge in [-0.05, 0) is 32.0 Å². The van der Waals surface area contributed by atoms with E-state index in [1.165, 1.54) is 0 Å². The molecule has 9 heteroatoms. The summed E-state index contributed by atoms with van der Waals surface area (Å²) in [6.07, 6.45) is -4.31. The lowest BCUT2D eigenvalue weighted by molar-refractivity contribution is -0.341. The number of imide groups is 1. The third-order valence-corrected chi connectivity index (χ3v) is 12.0. The van der Waals surface area contributed by atoms with Crippen LogP contribution in [0.3, 0.4) is 0 Å². The second-order valence-electron chi connectivity index (χ2n) is 10.8. The van der Waals surface area contributed by atoms with Gasteiger partial charge in [0.05, 0.1) is 6.61 Å². The van der Waals surface area contributed by atoms with E-state index in [1.807, 2.05) is 30.3 Å². The molecule has 0 spiro atoms. The molecule has 3 aliphatic rings. The lowest BCUT2D eigenvalue weighted by Crippen LogP contribution is -2.69. The highest BCUT2D eigenvalue weighted by molar-refractivity contribution is 6.74. The summed E-state index contributed by atoms with van der Waals surface area (Å²) in [7, 11) is -2.40. The number of aliphatic hydroxyl groups is 1. The Morgan fingerprint density at radius 1 is 1.03 bits per heavy atom. The van der Waals surface area contributed by atoms with E-state index in [1.54, 1.807) is 13.8 Å². The smallest absolute Gasteiger partial charge is 0.257 e. The number of hydrogen-bond acceptors (Lipinski definition) is 7. The van der Waals surface area contributed by atoms with Gasteiger partial charge in [-0.15, -0.1) is 0 Å². The minimum absolute atomic E-state index is 0.149. The predicted molar refractivity (Wildman–Crippen MR) is 127 cm³/mol. The monoisotopic (exact) mass is 489 g/mol. The van der Waals surface area contributed by atoms with Crippen LogP contribution in [0.25, 0.3) is 0 Å². The van der Waals surface area contributed by atoms with Crippen molar-refractivity contribution in [2.75, 3.05) is 6.61 Å². The molecule has 186 valence electrons. The quantitative estimate of drug-likeness (QED) is 0.512. The highest BCUT2D eigenvalue weighted by Gasteiger charge is 2.57. The molecule has 2 amide bonds. The first-order valence-corrected chi connectivity index (χ1v) is 14.6. The highest BCUT2D eigenvalue weighted by Crippen LogP contribution is 2.42. The van der Waals surface area contributed by atoms with Crippen LogP contribution in [0.5, 0.6) is 0 Å². The Morgan fingerprint density at radius 2 is 1.62 bits per heavy atom. The molecule has 1 N–H and O–H groups in total. The molecular weight excluding hydrogens is 454 g/mol. The molecule has 0 aromatic heterocycles. The first kappa shape index (κ1) is 25.2. The fourth-order valence-electron chi connectivity index (χ4n) is 4.24. The summed E-state index contributed by atoms with van der Waals surface area (Å²) in [6, 6.07) is 8.38. The van der Waals surface area contributed by atoms with E-state index in [-0.39, 0.29) is 11.6 Å². The van der Waals surface area contributed by atoms with Gasteiger partial charge >= 0.3 is 0 Å². The second kappa shape index (κ2) is 8.96. The zero-order chi connectivity index (χ0) is 25.0. The summed E-state index contributed by atoms with van der Waals surface area (Å²) >= 11 is 0. The molecule has 2 saturated heterocycles. The Balaban J connectivity index is 1.67. The molecule has 4 rings (SSSR count). The number of benzene rings is 1. The highest BCUT2D eigenvalue weighted by atomic mass is 28.4. The largest absolute Gasteiger partial charge is 0.391 e. The van der Waals surface area contributed by atoms with E-state index < -0.39 is 57.1 Å². The van der Waals surface area contributed by atoms with E-state index in [0.29, 0.717) is 11.1 Å². The zero-order valence-electron chi connectivity index (χ0n) is 20.9. The van der Waals surface area contributed by atoms with E-state index in [4.69, 9.17) is 18.6 Å². The zero-order valence-corrected chi connectivity index (χ0v) is 21.9. The van der Waals surface area contributed by atoms with Gasteiger partial charge in [0, 0.05) is 16.7 Å². The van der Waals surface area contributed by atoms with Crippen molar-refractivity contribution >= 4 is 20.1 Å². The van der Waals surface area contributed by atoms with Gasteiger partial charge in [-0.3, -0.25) is 14.5 Å². The summed E-state index contributed by atoms with van der Waals surface area (Å²) < 4.78 is 24.9. The molecule has 3 aliphatic heterocycles. The number of ether oxygens (including phenoxy) is 3. The van der Waals surface area contributed by atoms with Gasteiger partial charge in [0.2, 0.25) is 0 Å². The molecule has 34 heavy (non-hydrogen) atoms. The first-order chi connectivity index (χ1) is 15.8. The second-order valence-corrected chi connectivity index (χ2v) is 15.6. The molecule has 1 aromatic rings. The van der Waals surface area contributed by atoms with E-state index in [9.17, 15) is 14.7 Å². The number of rotatable bonds is 4. The van der Waals surface area contributed by atoms with E-state index in [0.717, 1.165) is 10.5 Å². The number of aliphatic hydroxyl groups excluding tert-OH is 1. The number of fused-ring (bicyclic) bond motifs is 1. The van der Waals surface area contributed by atoms with E-state index in [2.05, 4.69) is 33.9 Å². The molecule has 0 aliphatic carbocycles. The third kappa shape index (κ3) is 4.29. The summed E-state index contributed by atoms with van der Waals surface area (Å²) in [4.78, 5) is 27.3. The normalized spacial score (nSPS) is 32.9. The summed E-state index contributed by atoms with van der Waals surface area (Å²) in [5, 5.41) is 11.4. The maximum absolute atomic E-state index is 13.1. The van der Waals surface area contributed by atoms with Crippen LogP contribution in [0.1, 0.15) is 46.5 Å². The maximum atomic E-state index is 13.1. The molecule has 1 aromatic carbocycles. The minimum Gasteiger partial charge on any atom is -0.391 e. The molecule has 0 bridgehead atoms. The number of hydrogen-bond donors (Lipinski definition) is 1. The van der Waals surface area contributed by atoms with Crippen molar-refractivity contribution in [1.82, 2.24) is 4.90 Å². The fourth-order valence-corrected chi connectivity index (χ4v) is 5.37. The van der Waals surface area contributed by atoms with Gasteiger partial charge in [-0.25, -0.2) is 0 Å². The Kier molecular flexibility index (Phi) is 6.65. The predicted octanol–water partition coefficient (Wildman–Crippen LogP) is 3.28. The Hall–Kier alpha value is -1.88. The minimum atomic E-state index is -2.40. The van der Waals surface area contributed by atoms with Crippen LogP contribution in [-0.2, 0) is 28.2 Å². The van der Waals surface area contributed by atoms with Crippen LogP contribution in [0.15, 0.2) is 41.5 Å². The average Bonchev–Trinajstić information content (AvgIpc) is 2.96. The van der Waals surface area contributed by atoms with Crippen LogP contribution in [0.2, 0.25) is 18.1 Å². The van der Waals surface area contributed by atoms with Crippen LogP contribution in [0, 0.1) is 0 Å². The maximum Gasteiger partial charge on any atom is 0.257 e. The lowest BCUT2D eigenvalue weighted by atomic mass is 9.94. The fraction of sp³-hybridized carbons (Fsp3) is 0.600. The molecule has 6 atom stereocenters. The van der Waals surface area contributed by atoms with Gasteiger partial charge in [-0.1, -0.05) is 51.1 Å².